The molecule has 0 saturated heterocycles. The van der Waals surface area contributed by atoms with E-state index in [4.69, 9.17) is 0 Å². The van der Waals surface area contributed by atoms with E-state index in [1.807, 2.05) is 19.9 Å². The van der Waals surface area contributed by atoms with E-state index in [2.05, 4.69) is 20.4 Å². The molecule has 6 nitrogen and oxygen atoms in total. The molecular weight excluding hydrogens is 329 g/mol. The van der Waals surface area contributed by atoms with Gasteiger partial charge in [-0.1, -0.05) is 23.9 Å². The minimum absolute atomic E-state index is 0.158. The number of hydrogen-bond donors (Lipinski definition) is 1. The Hall–Kier alpha value is -2.48. The third kappa shape index (κ3) is 3.38. The number of fused-ring (bicyclic) bond motifs is 1. The molecule has 0 aliphatic rings. The van der Waals surface area contributed by atoms with Gasteiger partial charge in [-0.25, -0.2) is 13.9 Å². The van der Waals surface area contributed by atoms with Crippen LogP contribution in [0, 0.1) is 19.7 Å². The van der Waals surface area contributed by atoms with Crippen LogP contribution < -0.4 is 5.32 Å². The van der Waals surface area contributed by atoms with Crippen molar-refractivity contribution in [3.63, 3.8) is 0 Å². The van der Waals surface area contributed by atoms with Gasteiger partial charge in [-0.3, -0.25) is 4.79 Å². The van der Waals surface area contributed by atoms with Crippen LogP contribution in [0.4, 0.5) is 10.1 Å². The summed E-state index contributed by atoms with van der Waals surface area (Å²) in [6.07, 6.45) is 0. The Labute approximate surface area is 142 Å². The maximum absolute atomic E-state index is 13.6. The molecule has 2 heterocycles. The topological polar surface area (TPSA) is 72.2 Å². The predicted octanol–water partition coefficient (Wildman–Crippen LogP) is 3.00. The van der Waals surface area contributed by atoms with Crippen LogP contribution in [-0.4, -0.2) is 30.7 Å². The second kappa shape index (κ2) is 6.56. The van der Waals surface area contributed by atoms with E-state index >= 15 is 0 Å². The second-order valence-electron chi connectivity index (χ2n) is 5.37. The zero-order valence-electron chi connectivity index (χ0n) is 13.4. The average Bonchev–Trinajstić information content (AvgIpc) is 2.92. The van der Waals surface area contributed by atoms with Crippen LogP contribution in [0.1, 0.15) is 18.3 Å². The fourth-order valence-corrected chi connectivity index (χ4v) is 2.95. The maximum atomic E-state index is 13.6. The van der Waals surface area contributed by atoms with Crippen LogP contribution in [0.5, 0.6) is 0 Å². The van der Waals surface area contributed by atoms with Crippen molar-refractivity contribution in [2.75, 3.05) is 5.32 Å². The quantitative estimate of drug-likeness (QED) is 0.736. The number of benzene rings is 1. The van der Waals surface area contributed by atoms with E-state index in [-0.39, 0.29) is 11.6 Å². The summed E-state index contributed by atoms with van der Waals surface area (Å²) < 4.78 is 15.2. The fraction of sp³-hybridized carbons (Fsp3) is 0.250. The molecular formula is C16H16FN5OS. The van der Waals surface area contributed by atoms with Gasteiger partial charge in [0.05, 0.1) is 10.9 Å². The van der Waals surface area contributed by atoms with Gasteiger partial charge in [0.25, 0.3) is 5.78 Å². The highest BCUT2D eigenvalue weighted by molar-refractivity contribution is 8.00. The van der Waals surface area contributed by atoms with Crippen molar-refractivity contribution in [2.24, 2.45) is 0 Å². The van der Waals surface area contributed by atoms with Crippen LogP contribution in [0.15, 0.2) is 35.5 Å². The Kier molecular flexibility index (Phi) is 4.48. The number of aromatic nitrogens is 4. The summed E-state index contributed by atoms with van der Waals surface area (Å²) in [6, 6.07) is 7.96. The number of amides is 1. The highest BCUT2D eigenvalue weighted by Crippen LogP contribution is 2.22. The summed E-state index contributed by atoms with van der Waals surface area (Å²) in [5.41, 5.74) is 1.93. The summed E-state index contributed by atoms with van der Waals surface area (Å²) >= 11 is 1.20. The minimum Gasteiger partial charge on any atom is -0.323 e. The van der Waals surface area contributed by atoms with Crippen molar-refractivity contribution >= 4 is 29.1 Å². The number of nitrogens with zero attached hydrogens (tertiary/aromatic N) is 4. The number of nitrogens with one attached hydrogen (secondary N) is 1. The first-order valence-corrected chi connectivity index (χ1v) is 8.25. The lowest BCUT2D eigenvalue weighted by Crippen LogP contribution is -2.23. The van der Waals surface area contributed by atoms with Gasteiger partial charge in [-0.2, -0.15) is 4.98 Å². The van der Waals surface area contributed by atoms with Crippen molar-refractivity contribution in [3.05, 3.63) is 47.5 Å². The monoisotopic (exact) mass is 345 g/mol. The molecule has 3 rings (SSSR count). The van der Waals surface area contributed by atoms with E-state index < -0.39 is 11.1 Å². The van der Waals surface area contributed by atoms with Gasteiger partial charge in [-0.15, -0.1) is 5.10 Å². The molecule has 0 saturated carbocycles. The van der Waals surface area contributed by atoms with Gasteiger partial charge >= 0.3 is 0 Å². The molecule has 1 atom stereocenters. The summed E-state index contributed by atoms with van der Waals surface area (Å²) in [7, 11) is 0. The molecule has 3 aromatic rings. The molecule has 0 unspecified atom stereocenters. The normalized spacial score (nSPS) is 12.3. The van der Waals surface area contributed by atoms with E-state index in [0.717, 1.165) is 11.4 Å². The Morgan fingerprint density at radius 1 is 1.29 bits per heavy atom. The number of para-hydroxylation sites is 1. The Bertz CT molecular complexity index is 911. The predicted molar refractivity (Wildman–Crippen MR) is 90.6 cm³/mol. The number of hydrogen-bond acceptors (Lipinski definition) is 5. The molecule has 1 N–H and O–H groups in total. The van der Waals surface area contributed by atoms with Crippen molar-refractivity contribution in [1.82, 2.24) is 19.6 Å². The molecule has 124 valence electrons. The van der Waals surface area contributed by atoms with Crippen molar-refractivity contribution < 1.29 is 9.18 Å². The van der Waals surface area contributed by atoms with Crippen LogP contribution in [0.3, 0.4) is 0 Å². The first-order chi connectivity index (χ1) is 11.4. The number of carbonyl (C=O) groups is 1. The molecule has 0 aliphatic carbocycles. The van der Waals surface area contributed by atoms with Gasteiger partial charge in [0, 0.05) is 11.4 Å². The zero-order chi connectivity index (χ0) is 17.3. The number of halogens is 1. The first-order valence-electron chi connectivity index (χ1n) is 7.37. The van der Waals surface area contributed by atoms with Gasteiger partial charge in [-0.05, 0) is 39.0 Å². The Balaban J connectivity index is 1.74. The van der Waals surface area contributed by atoms with Gasteiger partial charge in [0.15, 0.2) is 0 Å². The molecule has 2 aromatic heterocycles. The van der Waals surface area contributed by atoms with Gasteiger partial charge < -0.3 is 5.32 Å². The fourth-order valence-electron chi connectivity index (χ4n) is 2.21. The molecule has 0 aliphatic heterocycles. The summed E-state index contributed by atoms with van der Waals surface area (Å²) in [5, 5.41) is 6.89. The molecule has 0 radical (unpaired) electrons. The molecule has 1 amide bonds. The zero-order valence-corrected chi connectivity index (χ0v) is 14.3. The summed E-state index contributed by atoms with van der Waals surface area (Å²) in [6.45, 7) is 5.52. The standard InChI is InChI=1S/C16H16FN5OS/c1-9-8-10(2)22-15(18-9)20-16(21-22)24-11(3)14(23)19-13-7-5-4-6-12(13)17/h4-8,11H,1-3H3,(H,19,23)/t11-/m1/s1. The second-order valence-corrected chi connectivity index (χ2v) is 6.68. The number of carbonyl (C=O) groups excluding carboxylic acids is 1. The van der Waals surface area contributed by atoms with E-state index in [0.29, 0.717) is 10.9 Å². The van der Waals surface area contributed by atoms with Crippen molar-refractivity contribution in [1.29, 1.82) is 0 Å². The first kappa shape index (κ1) is 16.4. The lowest BCUT2D eigenvalue weighted by Gasteiger charge is -2.10. The molecule has 1 aromatic carbocycles. The van der Waals surface area contributed by atoms with Gasteiger partial charge in [0.2, 0.25) is 11.1 Å². The molecule has 0 spiro atoms. The lowest BCUT2D eigenvalue weighted by molar-refractivity contribution is -0.115. The smallest absolute Gasteiger partial charge is 0.253 e. The van der Waals surface area contributed by atoms with E-state index in [9.17, 15) is 9.18 Å². The Morgan fingerprint density at radius 3 is 2.79 bits per heavy atom. The largest absolute Gasteiger partial charge is 0.323 e. The molecule has 0 fully saturated rings. The van der Waals surface area contributed by atoms with Crippen molar-refractivity contribution in [2.45, 2.75) is 31.2 Å². The number of thioether (sulfide) groups is 1. The number of rotatable bonds is 4. The lowest BCUT2D eigenvalue weighted by atomic mass is 10.3. The van der Waals surface area contributed by atoms with E-state index in [1.165, 1.54) is 23.9 Å². The van der Waals surface area contributed by atoms with Gasteiger partial charge in [0.1, 0.15) is 5.82 Å². The molecule has 8 heteroatoms. The highest BCUT2D eigenvalue weighted by Gasteiger charge is 2.19. The molecule has 24 heavy (non-hydrogen) atoms. The SMILES string of the molecule is Cc1cc(C)n2nc(S[C@H](C)C(=O)Nc3ccccc3F)nc2n1. The van der Waals surface area contributed by atoms with E-state index in [1.54, 1.807) is 23.6 Å². The Morgan fingerprint density at radius 2 is 2.04 bits per heavy atom. The van der Waals surface area contributed by atoms with Crippen LogP contribution in [0.2, 0.25) is 0 Å². The van der Waals surface area contributed by atoms with Crippen LogP contribution in [0.25, 0.3) is 5.78 Å². The van der Waals surface area contributed by atoms with Crippen molar-refractivity contribution in [3.8, 4) is 0 Å². The third-order valence-electron chi connectivity index (χ3n) is 3.38. The molecule has 0 bridgehead atoms. The number of anilines is 1. The van der Waals surface area contributed by atoms with Crippen LogP contribution >= 0.6 is 11.8 Å². The number of aryl methyl sites for hydroxylation is 2. The summed E-state index contributed by atoms with van der Waals surface area (Å²) in [5.74, 6) is -0.286. The summed E-state index contributed by atoms with van der Waals surface area (Å²) in [4.78, 5) is 20.9. The average molecular weight is 345 g/mol. The third-order valence-corrected chi connectivity index (χ3v) is 4.33. The highest BCUT2D eigenvalue weighted by atomic mass is 32.2. The van der Waals surface area contributed by atoms with Crippen LogP contribution in [-0.2, 0) is 4.79 Å². The minimum atomic E-state index is -0.483. The maximum Gasteiger partial charge on any atom is 0.253 e.